The highest BCUT2D eigenvalue weighted by molar-refractivity contribution is 5.77. The van der Waals surface area contributed by atoms with E-state index in [0.29, 0.717) is 12.1 Å². The topological polar surface area (TPSA) is 54.9 Å². The lowest BCUT2D eigenvalue weighted by Gasteiger charge is -2.43. The zero-order valence-electron chi connectivity index (χ0n) is 15.1. The second-order valence-corrected chi connectivity index (χ2v) is 6.92. The molecule has 3 heterocycles. The molecule has 2 aliphatic rings. The standard InChI is InChI=1S/C19H29N3O3/c1-24-15-19(23)21-9-4-17(5-10-21)22(18-6-11-25-12-7-18)14-16-3-2-8-20-13-16/h2-3,8,13,17-18H,4-7,9-12,14-15H2,1H3. The van der Waals surface area contributed by atoms with Crippen LogP contribution in [0.1, 0.15) is 31.2 Å². The highest BCUT2D eigenvalue weighted by Crippen LogP contribution is 2.25. The molecule has 0 N–H and O–H groups in total. The van der Waals surface area contributed by atoms with Crippen molar-refractivity contribution in [1.29, 1.82) is 0 Å². The Balaban J connectivity index is 1.64. The van der Waals surface area contributed by atoms with Crippen molar-refractivity contribution in [1.82, 2.24) is 14.8 Å². The minimum absolute atomic E-state index is 0.103. The third kappa shape index (κ3) is 5.00. The van der Waals surface area contributed by atoms with Gasteiger partial charge in [-0.2, -0.15) is 0 Å². The molecule has 0 aromatic carbocycles. The van der Waals surface area contributed by atoms with Crippen LogP contribution in [0.4, 0.5) is 0 Å². The predicted octanol–water partition coefficient (Wildman–Crippen LogP) is 1.70. The van der Waals surface area contributed by atoms with Gasteiger partial charge >= 0.3 is 0 Å². The molecule has 2 saturated heterocycles. The molecule has 25 heavy (non-hydrogen) atoms. The molecule has 0 spiro atoms. The number of nitrogens with zero attached hydrogens (tertiary/aromatic N) is 3. The molecule has 0 radical (unpaired) electrons. The lowest BCUT2D eigenvalue weighted by Crippen LogP contribution is -2.51. The first-order valence-corrected chi connectivity index (χ1v) is 9.27. The SMILES string of the molecule is COCC(=O)N1CCC(N(Cc2cccnc2)C2CCOCC2)CC1. The Hall–Kier alpha value is -1.50. The lowest BCUT2D eigenvalue weighted by atomic mass is 9.97. The molecule has 6 nitrogen and oxygen atoms in total. The molecule has 0 saturated carbocycles. The fraction of sp³-hybridized carbons (Fsp3) is 0.684. The van der Waals surface area contributed by atoms with Gasteiger partial charge in [0.15, 0.2) is 0 Å². The average molecular weight is 347 g/mol. The van der Waals surface area contributed by atoms with Gasteiger partial charge in [0.25, 0.3) is 0 Å². The number of amides is 1. The smallest absolute Gasteiger partial charge is 0.248 e. The highest BCUT2D eigenvalue weighted by atomic mass is 16.5. The van der Waals surface area contributed by atoms with Gasteiger partial charge in [-0.25, -0.2) is 0 Å². The minimum atomic E-state index is 0.103. The van der Waals surface area contributed by atoms with Crippen molar-refractivity contribution in [2.24, 2.45) is 0 Å². The first kappa shape index (κ1) is 18.3. The van der Waals surface area contributed by atoms with Gasteiger partial charge in [-0.15, -0.1) is 0 Å². The van der Waals surface area contributed by atoms with Gasteiger partial charge in [0, 0.05) is 64.4 Å². The summed E-state index contributed by atoms with van der Waals surface area (Å²) in [5, 5.41) is 0. The van der Waals surface area contributed by atoms with E-state index in [1.54, 1.807) is 7.11 Å². The quantitative estimate of drug-likeness (QED) is 0.784. The molecule has 6 heteroatoms. The van der Waals surface area contributed by atoms with E-state index < -0.39 is 0 Å². The Morgan fingerprint density at radius 1 is 1.28 bits per heavy atom. The summed E-state index contributed by atoms with van der Waals surface area (Å²) in [7, 11) is 1.57. The number of hydrogen-bond donors (Lipinski definition) is 0. The molecule has 0 atom stereocenters. The van der Waals surface area contributed by atoms with Crippen molar-refractivity contribution in [3.63, 3.8) is 0 Å². The molecule has 1 aromatic heterocycles. The molecule has 2 aliphatic heterocycles. The van der Waals surface area contributed by atoms with E-state index in [-0.39, 0.29) is 12.5 Å². The summed E-state index contributed by atoms with van der Waals surface area (Å²) in [5.41, 5.74) is 1.26. The molecule has 0 aliphatic carbocycles. The molecule has 1 amide bonds. The molecule has 138 valence electrons. The monoisotopic (exact) mass is 347 g/mol. The van der Waals surface area contributed by atoms with E-state index in [0.717, 1.165) is 58.5 Å². The van der Waals surface area contributed by atoms with Crippen LogP contribution < -0.4 is 0 Å². The van der Waals surface area contributed by atoms with Gasteiger partial charge in [0.2, 0.25) is 5.91 Å². The lowest BCUT2D eigenvalue weighted by molar-refractivity contribution is -0.137. The molecule has 2 fully saturated rings. The van der Waals surface area contributed by atoms with E-state index in [4.69, 9.17) is 9.47 Å². The second kappa shape index (κ2) is 9.27. The van der Waals surface area contributed by atoms with Crippen molar-refractivity contribution in [3.05, 3.63) is 30.1 Å². The van der Waals surface area contributed by atoms with Gasteiger partial charge in [0.05, 0.1) is 0 Å². The number of likely N-dealkylation sites (tertiary alicyclic amines) is 1. The number of carbonyl (C=O) groups excluding carboxylic acids is 1. The number of aromatic nitrogens is 1. The Kier molecular flexibility index (Phi) is 6.78. The van der Waals surface area contributed by atoms with Gasteiger partial charge in [-0.1, -0.05) is 6.07 Å². The molecular formula is C19H29N3O3. The van der Waals surface area contributed by atoms with Crippen LogP contribution in [0, 0.1) is 0 Å². The molecular weight excluding hydrogens is 318 g/mol. The third-order valence-electron chi connectivity index (χ3n) is 5.30. The van der Waals surface area contributed by atoms with Crippen LogP contribution in [0.25, 0.3) is 0 Å². The normalized spacial score (nSPS) is 20.2. The fourth-order valence-corrected chi connectivity index (χ4v) is 3.94. The Morgan fingerprint density at radius 3 is 2.64 bits per heavy atom. The van der Waals surface area contributed by atoms with E-state index >= 15 is 0 Å². The molecule has 0 unspecified atom stereocenters. The number of carbonyl (C=O) groups is 1. The van der Waals surface area contributed by atoms with Crippen LogP contribution >= 0.6 is 0 Å². The third-order valence-corrected chi connectivity index (χ3v) is 5.30. The predicted molar refractivity (Wildman–Crippen MR) is 95.1 cm³/mol. The Bertz CT molecular complexity index is 526. The van der Waals surface area contributed by atoms with Gasteiger partial charge in [-0.3, -0.25) is 14.7 Å². The van der Waals surface area contributed by atoms with Crippen molar-refractivity contribution in [3.8, 4) is 0 Å². The number of ether oxygens (including phenoxy) is 2. The number of hydrogen-bond acceptors (Lipinski definition) is 5. The summed E-state index contributed by atoms with van der Waals surface area (Å²) in [4.78, 5) is 20.9. The van der Waals surface area contributed by atoms with E-state index in [2.05, 4.69) is 16.0 Å². The van der Waals surface area contributed by atoms with Crippen LogP contribution in [0.2, 0.25) is 0 Å². The van der Waals surface area contributed by atoms with Crippen LogP contribution in [-0.2, 0) is 20.8 Å². The summed E-state index contributed by atoms with van der Waals surface area (Å²) in [6.07, 6.45) is 8.00. The average Bonchev–Trinajstić information content (AvgIpc) is 2.68. The highest BCUT2D eigenvalue weighted by Gasteiger charge is 2.31. The van der Waals surface area contributed by atoms with Gasteiger partial charge in [-0.05, 0) is 37.3 Å². The van der Waals surface area contributed by atoms with E-state index in [1.807, 2.05) is 23.4 Å². The number of rotatable bonds is 6. The van der Waals surface area contributed by atoms with E-state index in [9.17, 15) is 4.79 Å². The van der Waals surface area contributed by atoms with Gasteiger partial charge in [0.1, 0.15) is 6.61 Å². The van der Waals surface area contributed by atoms with Crippen molar-refractivity contribution in [2.75, 3.05) is 40.0 Å². The summed E-state index contributed by atoms with van der Waals surface area (Å²) < 4.78 is 10.5. The van der Waals surface area contributed by atoms with Crippen molar-refractivity contribution in [2.45, 2.75) is 44.3 Å². The van der Waals surface area contributed by atoms with Gasteiger partial charge < -0.3 is 14.4 Å². The van der Waals surface area contributed by atoms with Crippen LogP contribution in [0.3, 0.4) is 0 Å². The summed E-state index contributed by atoms with van der Waals surface area (Å²) in [6.45, 7) is 4.44. The largest absolute Gasteiger partial charge is 0.381 e. The minimum Gasteiger partial charge on any atom is -0.381 e. The first-order chi connectivity index (χ1) is 12.3. The fourth-order valence-electron chi connectivity index (χ4n) is 3.94. The van der Waals surface area contributed by atoms with Crippen LogP contribution in [0.5, 0.6) is 0 Å². The zero-order chi connectivity index (χ0) is 17.5. The summed E-state index contributed by atoms with van der Waals surface area (Å²) in [6, 6.07) is 5.22. The van der Waals surface area contributed by atoms with Crippen molar-refractivity contribution < 1.29 is 14.3 Å². The summed E-state index contributed by atoms with van der Waals surface area (Å²) in [5.74, 6) is 0.103. The number of methoxy groups -OCH3 is 1. The number of pyridine rings is 1. The maximum Gasteiger partial charge on any atom is 0.248 e. The second-order valence-electron chi connectivity index (χ2n) is 6.92. The maximum atomic E-state index is 12.0. The Labute approximate surface area is 150 Å². The van der Waals surface area contributed by atoms with Crippen LogP contribution in [0.15, 0.2) is 24.5 Å². The Morgan fingerprint density at radius 2 is 2.00 bits per heavy atom. The molecule has 1 aromatic rings. The summed E-state index contributed by atoms with van der Waals surface area (Å²) >= 11 is 0. The van der Waals surface area contributed by atoms with Crippen LogP contribution in [-0.4, -0.2) is 72.8 Å². The zero-order valence-corrected chi connectivity index (χ0v) is 15.1. The van der Waals surface area contributed by atoms with Crippen molar-refractivity contribution >= 4 is 5.91 Å². The number of piperidine rings is 1. The maximum absolute atomic E-state index is 12.0. The van der Waals surface area contributed by atoms with E-state index in [1.165, 1.54) is 5.56 Å². The molecule has 3 rings (SSSR count). The first-order valence-electron chi connectivity index (χ1n) is 9.27. The molecule has 0 bridgehead atoms.